The number of benzene rings is 1. The van der Waals surface area contributed by atoms with Crippen LogP contribution in [-0.4, -0.2) is 29.0 Å². The largest absolute Gasteiger partial charge is 0.341 e. The third kappa shape index (κ3) is 4.07. The lowest BCUT2D eigenvalue weighted by molar-refractivity contribution is 0.102. The number of nitrogens with zero attached hydrogens (tertiary/aromatic N) is 3. The van der Waals surface area contributed by atoms with Crippen LogP contribution in [0.5, 0.6) is 0 Å². The van der Waals surface area contributed by atoms with E-state index < -0.39 is 0 Å². The third-order valence-corrected chi connectivity index (χ3v) is 4.45. The van der Waals surface area contributed by atoms with E-state index in [4.69, 9.17) is 0 Å². The minimum atomic E-state index is -0.221. The SMILES string of the molecule is CC1CCCN(c2nccc(C(=O)Nc3ccc(Br)cc3)n2)C1. The van der Waals surface area contributed by atoms with E-state index in [0.29, 0.717) is 17.6 Å². The Morgan fingerprint density at radius 2 is 2.09 bits per heavy atom. The second-order valence-corrected chi connectivity index (χ2v) is 6.81. The Labute approximate surface area is 144 Å². The van der Waals surface area contributed by atoms with Crippen LogP contribution in [0.2, 0.25) is 0 Å². The molecule has 0 aliphatic carbocycles. The number of hydrogen-bond acceptors (Lipinski definition) is 4. The molecular weight excluding hydrogens is 356 g/mol. The average molecular weight is 375 g/mol. The van der Waals surface area contributed by atoms with Gasteiger partial charge in [0.1, 0.15) is 5.69 Å². The highest BCUT2D eigenvalue weighted by atomic mass is 79.9. The first-order valence-corrected chi connectivity index (χ1v) is 8.56. The van der Waals surface area contributed by atoms with Crippen molar-refractivity contribution < 1.29 is 4.79 Å². The molecule has 1 fully saturated rings. The molecular formula is C17H19BrN4O. The molecule has 2 heterocycles. The Kier molecular flexibility index (Phi) is 4.91. The van der Waals surface area contributed by atoms with Crippen molar-refractivity contribution >= 4 is 33.5 Å². The first-order chi connectivity index (χ1) is 11.1. The Bertz CT molecular complexity index is 689. The van der Waals surface area contributed by atoms with Crippen molar-refractivity contribution in [2.75, 3.05) is 23.3 Å². The second-order valence-electron chi connectivity index (χ2n) is 5.90. The van der Waals surface area contributed by atoms with Crippen LogP contribution in [0.1, 0.15) is 30.3 Å². The molecule has 1 atom stereocenters. The molecule has 0 spiro atoms. The molecule has 1 aromatic heterocycles. The molecule has 1 unspecified atom stereocenters. The third-order valence-electron chi connectivity index (χ3n) is 3.92. The maximum atomic E-state index is 12.4. The number of hydrogen-bond donors (Lipinski definition) is 1. The Morgan fingerprint density at radius 1 is 1.30 bits per heavy atom. The van der Waals surface area contributed by atoms with E-state index in [-0.39, 0.29) is 5.91 Å². The van der Waals surface area contributed by atoms with Crippen molar-refractivity contribution in [1.82, 2.24) is 9.97 Å². The monoisotopic (exact) mass is 374 g/mol. The number of carbonyl (C=O) groups excluding carboxylic acids is 1. The van der Waals surface area contributed by atoms with E-state index in [1.807, 2.05) is 24.3 Å². The lowest BCUT2D eigenvalue weighted by atomic mass is 10.0. The fraction of sp³-hybridized carbons (Fsp3) is 0.353. The van der Waals surface area contributed by atoms with Gasteiger partial charge in [0.05, 0.1) is 0 Å². The summed E-state index contributed by atoms with van der Waals surface area (Å²) >= 11 is 3.38. The second kappa shape index (κ2) is 7.08. The summed E-state index contributed by atoms with van der Waals surface area (Å²) in [6.45, 7) is 4.12. The van der Waals surface area contributed by atoms with E-state index in [0.717, 1.165) is 29.7 Å². The van der Waals surface area contributed by atoms with Crippen LogP contribution in [0.15, 0.2) is 41.0 Å². The van der Waals surface area contributed by atoms with Gasteiger partial charge in [-0.05, 0) is 49.1 Å². The topological polar surface area (TPSA) is 58.1 Å². The zero-order valence-corrected chi connectivity index (χ0v) is 14.6. The first-order valence-electron chi connectivity index (χ1n) is 7.77. The highest BCUT2D eigenvalue weighted by Crippen LogP contribution is 2.20. The van der Waals surface area contributed by atoms with E-state index in [1.54, 1.807) is 12.3 Å². The van der Waals surface area contributed by atoms with Crippen LogP contribution >= 0.6 is 15.9 Å². The highest BCUT2D eigenvalue weighted by molar-refractivity contribution is 9.10. The summed E-state index contributed by atoms with van der Waals surface area (Å²) in [4.78, 5) is 23.3. The normalized spacial score (nSPS) is 17.8. The maximum Gasteiger partial charge on any atom is 0.274 e. The van der Waals surface area contributed by atoms with Crippen LogP contribution in [0.3, 0.4) is 0 Å². The van der Waals surface area contributed by atoms with E-state index in [1.165, 1.54) is 6.42 Å². The number of carbonyl (C=O) groups is 1. The summed E-state index contributed by atoms with van der Waals surface area (Å²) in [7, 11) is 0. The van der Waals surface area contributed by atoms with Gasteiger partial charge in [0.15, 0.2) is 0 Å². The fourth-order valence-electron chi connectivity index (χ4n) is 2.73. The van der Waals surface area contributed by atoms with Gasteiger partial charge in [-0.15, -0.1) is 0 Å². The molecule has 23 heavy (non-hydrogen) atoms. The Balaban J connectivity index is 1.73. The molecule has 1 aromatic carbocycles. The zero-order valence-electron chi connectivity index (χ0n) is 13.0. The maximum absolute atomic E-state index is 12.4. The molecule has 0 radical (unpaired) electrons. The van der Waals surface area contributed by atoms with E-state index in [2.05, 4.69) is 43.0 Å². The van der Waals surface area contributed by atoms with Crippen molar-refractivity contribution in [2.24, 2.45) is 5.92 Å². The van der Waals surface area contributed by atoms with Gasteiger partial charge in [0.25, 0.3) is 5.91 Å². The van der Waals surface area contributed by atoms with Gasteiger partial charge in [-0.3, -0.25) is 4.79 Å². The summed E-state index contributed by atoms with van der Waals surface area (Å²) in [5.41, 5.74) is 1.13. The van der Waals surface area contributed by atoms with Crippen LogP contribution in [0, 0.1) is 5.92 Å². The predicted octanol–water partition coefficient (Wildman–Crippen LogP) is 3.73. The number of rotatable bonds is 3. The Morgan fingerprint density at radius 3 is 2.83 bits per heavy atom. The minimum absolute atomic E-state index is 0.221. The molecule has 1 saturated heterocycles. The molecule has 6 heteroatoms. The summed E-state index contributed by atoms with van der Waals surface area (Å²) < 4.78 is 0.971. The number of nitrogens with one attached hydrogen (secondary N) is 1. The smallest absolute Gasteiger partial charge is 0.274 e. The standard InChI is InChI=1S/C17H19BrN4O/c1-12-3-2-10-22(11-12)17-19-9-8-15(21-17)16(23)20-14-6-4-13(18)5-7-14/h4-9,12H,2-3,10-11H2,1H3,(H,20,23). The van der Waals surface area contributed by atoms with Gasteiger partial charge in [-0.2, -0.15) is 0 Å². The van der Waals surface area contributed by atoms with Crippen LogP contribution in [0.25, 0.3) is 0 Å². The fourth-order valence-corrected chi connectivity index (χ4v) is 2.99. The van der Waals surface area contributed by atoms with Crippen molar-refractivity contribution in [3.8, 4) is 0 Å². The van der Waals surface area contributed by atoms with Crippen molar-refractivity contribution in [2.45, 2.75) is 19.8 Å². The lowest BCUT2D eigenvalue weighted by Crippen LogP contribution is -2.35. The molecule has 1 aliphatic heterocycles. The van der Waals surface area contributed by atoms with Gasteiger partial charge in [0.2, 0.25) is 5.95 Å². The van der Waals surface area contributed by atoms with Gasteiger partial charge in [-0.1, -0.05) is 22.9 Å². The summed E-state index contributed by atoms with van der Waals surface area (Å²) in [6.07, 6.45) is 4.03. The number of aromatic nitrogens is 2. The molecule has 1 amide bonds. The van der Waals surface area contributed by atoms with Crippen LogP contribution in [0.4, 0.5) is 11.6 Å². The molecule has 5 nitrogen and oxygen atoms in total. The van der Waals surface area contributed by atoms with E-state index in [9.17, 15) is 4.79 Å². The van der Waals surface area contributed by atoms with Gasteiger partial charge in [0, 0.05) is 29.4 Å². The molecule has 1 aliphatic rings. The summed E-state index contributed by atoms with van der Waals surface area (Å²) in [5, 5.41) is 2.86. The lowest BCUT2D eigenvalue weighted by Gasteiger charge is -2.30. The first kappa shape index (κ1) is 15.9. The average Bonchev–Trinajstić information content (AvgIpc) is 2.57. The number of piperidine rings is 1. The van der Waals surface area contributed by atoms with Gasteiger partial charge in [-0.25, -0.2) is 9.97 Å². The van der Waals surface area contributed by atoms with Crippen LogP contribution in [-0.2, 0) is 0 Å². The summed E-state index contributed by atoms with van der Waals surface area (Å²) in [6, 6.07) is 9.10. The van der Waals surface area contributed by atoms with Gasteiger partial charge < -0.3 is 10.2 Å². The molecule has 0 bridgehead atoms. The van der Waals surface area contributed by atoms with E-state index >= 15 is 0 Å². The summed E-state index contributed by atoms with van der Waals surface area (Å²) in [5.74, 6) is 1.05. The molecule has 0 saturated carbocycles. The highest BCUT2D eigenvalue weighted by Gasteiger charge is 2.19. The molecule has 120 valence electrons. The Hall–Kier alpha value is -1.95. The number of halogens is 1. The molecule has 2 aromatic rings. The zero-order chi connectivity index (χ0) is 16.2. The number of amides is 1. The predicted molar refractivity (Wildman–Crippen MR) is 94.7 cm³/mol. The molecule has 1 N–H and O–H groups in total. The van der Waals surface area contributed by atoms with Crippen molar-refractivity contribution in [3.05, 3.63) is 46.7 Å². The van der Waals surface area contributed by atoms with Gasteiger partial charge >= 0.3 is 0 Å². The van der Waals surface area contributed by atoms with Crippen molar-refractivity contribution in [3.63, 3.8) is 0 Å². The number of anilines is 2. The quantitative estimate of drug-likeness (QED) is 0.888. The van der Waals surface area contributed by atoms with Crippen molar-refractivity contribution in [1.29, 1.82) is 0 Å². The van der Waals surface area contributed by atoms with Crippen LogP contribution < -0.4 is 10.2 Å². The molecule has 3 rings (SSSR count). The minimum Gasteiger partial charge on any atom is -0.341 e.